The van der Waals surface area contributed by atoms with Crippen LogP contribution in [0.25, 0.3) is 0 Å². The normalized spacial score (nSPS) is 43.4. The molecule has 0 spiro atoms. The first-order chi connectivity index (χ1) is 11.6. The molecule has 1 aromatic rings. The summed E-state index contributed by atoms with van der Waals surface area (Å²) in [6.45, 7) is 5.14. The first-order valence-corrected chi connectivity index (χ1v) is 8.69. The van der Waals surface area contributed by atoms with Crippen LogP contribution in [0.15, 0.2) is 30.3 Å². The van der Waals surface area contributed by atoms with Crippen molar-refractivity contribution in [1.29, 1.82) is 0 Å². The van der Waals surface area contributed by atoms with Gasteiger partial charge in [0, 0.05) is 6.54 Å². The fraction of sp³-hybridized carbons (Fsp3) is 0.667. The molecule has 130 valence electrons. The van der Waals surface area contributed by atoms with Gasteiger partial charge < -0.3 is 18.9 Å². The molecule has 5 rings (SSSR count). The third-order valence-electron chi connectivity index (χ3n) is 5.22. The standard InChI is InChI=1S/C18H23NO5/c1-18(2)22-16-15-14(21-17(16)23-18)13-8-12(10-20-15)24-19(13)9-11-6-4-3-5-7-11/h3-7,12-17H,8-10H2,1-2H3/t12-,13+,14-,15+,16-,17-/m1/s1. The highest BCUT2D eigenvalue weighted by Gasteiger charge is 2.60. The van der Waals surface area contributed by atoms with E-state index in [1.54, 1.807) is 0 Å². The molecular formula is C18H23NO5. The third-order valence-corrected chi connectivity index (χ3v) is 5.22. The summed E-state index contributed by atoms with van der Waals surface area (Å²) in [6, 6.07) is 10.5. The molecule has 4 aliphatic heterocycles. The third kappa shape index (κ3) is 2.49. The summed E-state index contributed by atoms with van der Waals surface area (Å²) in [7, 11) is 0. The first kappa shape index (κ1) is 15.3. The summed E-state index contributed by atoms with van der Waals surface area (Å²) in [5.74, 6) is -0.616. The second-order valence-corrected chi connectivity index (χ2v) is 7.46. The van der Waals surface area contributed by atoms with E-state index in [1.807, 2.05) is 19.9 Å². The van der Waals surface area contributed by atoms with Gasteiger partial charge in [0.25, 0.3) is 0 Å². The fourth-order valence-corrected chi connectivity index (χ4v) is 4.24. The number of hydrogen-bond donors (Lipinski definition) is 0. The number of rotatable bonds is 2. The van der Waals surface area contributed by atoms with Crippen LogP contribution in [0.4, 0.5) is 0 Å². The SMILES string of the molecule is CC1(C)O[C@H]2O[C@H]3[C@H](OC[C@H]4C[C@@H]3N(Cc3ccccc3)O4)[C@H]2O1. The summed E-state index contributed by atoms with van der Waals surface area (Å²) in [4.78, 5) is 6.09. The number of nitrogens with zero attached hydrogens (tertiary/aromatic N) is 1. The highest BCUT2D eigenvalue weighted by Crippen LogP contribution is 2.44. The lowest BCUT2D eigenvalue weighted by Crippen LogP contribution is -2.47. The lowest BCUT2D eigenvalue weighted by molar-refractivity contribution is -0.257. The predicted molar refractivity (Wildman–Crippen MR) is 83.7 cm³/mol. The maximum absolute atomic E-state index is 6.21. The van der Waals surface area contributed by atoms with E-state index in [2.05, 4.69) is 29.3 Å². The smallest absolute Gasteiger partial charge is 0.190 e. The van der Waals surface area contributed by atoms with Crippen LogP contribution in [-0.2, 0) is 30.3 Å². The average molecular weight is 333 g/mol. The Balaban J connectivity index is 1.37. The molecule has 0 saturated carbocycles. The van der Waals surface area contributed by atoms with Crippen molar-refractivity contribution in [1.82, 2.24) is 5.06 Å². The topological polar surface area (TPSA) is 49.4 Å². The van der Waals surface area contributed by atoms with Crippen molar-refractivity contribution in [2.24, 2.45) is 0 Å². The predicted octanol–water partition coefficient (Wildman–Crippen LogP) is 1.84. The van der Waals surface area contributed by atoms with Crippen molar-refractivity contribution in [2.75, 3.05) is 6.61 Å². The molecular weight excluding hydrogens is 310 g/mol. The monoisotopic (exact) mass is 333 g/mol. The Kier molecular flexibility index (Phi) is 3.49. The number of hydroxylamine groups is 2. The van der Waals surface area contributed by atoms with E-state index >= 15 is 0 Å². The summed E-state index contributed by atoms with van der Waals surface area (Å²) in [6.07, 6.45) is 0.285. The number of fused-ring (bicyclic) bond motifs is 6. The van der Waals surface area contributed by atoms with Gasteiger partial charge >= 0.3 is 0 Å². The maximum Gasteiger partial charge on any atom is 0.190 e. The zero-order valence-corrected chi connectivity index (χ0v) is 14.0. The van der Waals surface area contributed by atoms with Crippen molar-refractivity contribution in [3.8, 4) is 0 Å². The quantitative estimate of drug-likeness (QED) is 0.823. The second-order valence-electron chi connectivity index (χ2n) is 7.46. The van der Waals surface area contributed by atoms with E-state index in [1.165, 1.54) is 5.56 Å². The zero-order valence-electron chi connectivity index (χ0n) is 14.0. The lowest BCUT2D eigenvalue weighted by Gasteiger charge is -2.33. The van der Waals surface area contributed by atoms with Crippen LogP contribution in [-0.4, -0.2) is 54.2 Å². The zero-order chi connectivity index (χ0) is 16.3. The Labute approximate surface area is 141 Å². The molecule has 4 fully saturated rings. The summed E-state index contributed by atoms with van der Waals surface area (Å²) in [5, 5.41) is 2.06. The average Bonchev–Trinajstić information content (AvgIpc) is 3.11. The fourth-order valence-electron chi connectivity index (χ4n) is 4.24. The summed E-state index contributed by atoms with van der Waals surface area (Å²) >= 11 is 0. The highest BCUT2D eigenvalue weighted by molar-refractivity contribution is 5.15. The molecule has 4 heterocycles. The molecule has 6 heteroatoms. The van der Waals surface area contributed by atoms with Gasteiger partial charge in [0.2, 0.25) is 0 Å². The van der Waals surface area contributed by atoms with E-state index in [4.69, 9.17) is 23.8 Å². The van der Waals surface area contributed by atoms with Gasteiger partial charge in [-0.05, 0) is 25.8 Å². The van der Waals surface area contributed by atoms with Crippen LogP contribution in [0.1, 0.15) is 25.8 Å². The molecule has 0 radical (unpaired) electrons. The molecule has 2 bridgehead atoms. The van der Waals surface area contributed by atoms with Crippen LogP contribution >= 0.6 is 0 Å². The van der Waals surface area contributed by atoms with Gasteiger partial charge in [-0.3, -0.25) is 4.84 Å². The first-order valence-electron chi connectivity index (χ1n) is 8.69. The summed E-state index contributed by atoms with van der Waals surface area (Å²) < 4.78 is 24.2. The lowest BCUT2D eigenvalue weighted by atomic mass is 10.0. The molecule has 4 aliphatic rings. The Morgan fingerprint density at radius 3 is 2.75 bits per heavy atom. The minimum atomic E-state index is -0.616. The maximum atomic E-state index is 6.21. The number of hydrogen-bond acceptors (Lipinski definition) is 6. The van der Waals surface area contributed by atoms with Crippen LogP contribution in [0, 0.1) is 0 Å². The van der Waals surface area contributed by atoms with E-state index in [0.717, 1.165) is 13.0 Å². The number of benzene rings is 1. The molecule has 0 N–H and O–H groups in total. The largest absolute Gasteiger partial charge is 0.370 e. The van der Waals surface area contributed by atoms with Crippen molar-refractivity contribution < 1.29 is 23.8 Å². The highest BCUT2D eigenvalue weighted by atomic mass is 16.8. The van der Waals surface area contributed by atoms with E-state index in [0.29, 0.717) is 6.61 Å². The Morgan fingerprint density at radius 2 is 1.92 bits per heavy atom. The van der Waals surface area contributed by atoms with Crippen molar-refractivity contribution in [2.45, 2.75) is 69.3 Å². The van der Waals surface area contributed by atoms with Crippen molar-refractivity contribution >= 4 is 0 Å². The summed E-state index contributed by atoms with van der Waals surface area (Å²) in [5.41, 5.74) is 1.23. The Morgan fingerprint density at radius 1 is 1.08 bits per heavy atom. The molecule has 0 aromatic heterocycles. The van der Waals surface area contributed by atoms with Gasteiger partial charge in [-0.2, -0.15) is 5.06 Å². The van der Waals surface area contributed by atoms with Crippen LogP contribution < -0.4 is 0 Å². The molecule has 24 heavy (non-hydrogen) atoms. The van der Waals surface area contributed by atoms with Gasteiger partial charge in [0.1, 0.15) is 24.4 Å². The van der Waals surface area contributed by atoms with E-state index in [9.17, 15) is 0 Å². The van der Waals surface area contributed by atoms with Crippen LogP contribution in [0.3, 0.4) is 0 Å². The Bertz CT molecular complexity index is 609. The van der Waals surface area contributed by atoms with Gasteiger partial charge in [0.05, 0.1) is 12.6 Å². The van der Waals surface area contributed by atoms with E-state index < -0.39 is 5.79 Å². The van der Waals surface area contributed by atoms with Gasteiger partial charge in [-0.15, -0.1) is 0 Å². The van der Waals surface area contributed by atoms with Crippen molar-refractivity contribution in [3.05, 3.63) is 35.9 Å². The van der Waals surface area contributed by atoms with E-state index in [-0.39, 0.29) is 36.7 Å². The minimum absolute atomic E-state index is 0.0849. The van der Waals surface area contributed by atoms with Crippen LogP contribution in [0.2, 0.25) is 0 Å². The Hall–Kier alpha value is -1.02. The molecule has 0 amide bonds. The molecule has 0 aliphatic carbocycles. The molecule has 4 saturated heterocycles. The van der Waals surface area contributed by atoms with Gasteiger partial charge in [-0.25, -0.2) is 0 Å². The van der Waals surface area contributed by atoms with Gasteiger partial charge in [0.15, 0.2) is 12.1 Å². The molecule has 6 nitrogen and oxygen atoms in total. The molecule has 6 atom stereocenters. The minimum Gasteiger partial charge on any atom is -0.370 e. The van der Waals surface area contributed by atoms with Crippen LogP contribution in [0.5, 0.6) is 0 Å². The van der Waals surface area contributed by atoms with Crippen molar-refractivity contribution in [3.63, 3.8) is 0 Å². The second kappa shape index (κ2) is 5.49. The van der Waals surface area contributed by atoms with Gasteiger partial charge in [-0.1, -0.05) is 30.3 Å². The number of ether oxygens (including phenoxy) is 4. The molecule has 0 unspecified atom stereocenters. The molecule has 1 aromatic carbocycles.